The zero-order chi connectivity index (χ0) is 13.1. The van der Waals surface area contributed by atoms with Crippen molar-refractivity contribution in [1.82, 2.24) is 9.97 Å². The summed E-state index contributed by atoms with van der Waals surface area (Å²) in [5.41, 5.74) is 3.21. The topological polar surface area (TPSA) is 37.8 Å². The van der Waals surface area contributed by atoms with E-state index in [1.807, 2.05) is 19.9 Å². The van der Waals surface area contributed by atoms with Gasteiger partial charge >= 0.3 is 0 Å². The van der Waals surface area contributed by atoms with Crippen molar-refractivity contribution in [2.75, 3.05) is 11.9 Å². The highest BCUT2D eigenvalue weighted by atomic mass is 19.1. The van der Waals surface area contributed by atoms with Gasteiger partial charge in [-0.3, -0.25) is 0 Å². The SMILES string of the molecule is CCNc1nc(C)cc(-c2ccc(F)c(C)c2)n1. The molecule has 0 unspecified atom stereocenters. The number of hydrogen-bond acceptors (Lipinski definition) is 3. The van der Waals surface area contributed by atoms with Gasteiger partial charge in [0.05, 0.1) is 5.69 Å². The van der Waals surface area contributed by atoms with Crippen LogP contribution in [0.5, 0.6) is 0 Å². The number of anilines is 1. The van der Waals surface area contributed by atoms with E-state index in [2.05, 4.69) is 15.3 Å². The molecule has 0 saturated carbocycles. The van der Waals surface area contributed by atoms with Gasteiger partial charge in [0.2, 0.25) is 5.95 Å². The molecule has 0 radical (unpaired) electrons. The van der Waals surface area contributed by atoms with E-state index in [1.54, 1.807) is 19.1 Å². The number of aromatic nitrogens is 2. The molecule has 0 amide bonds. The van der Waals surface area contributed by atoms with Crippen LogP contribution in [0.25, 0.3) is 11.3 Å². The van der Waals surface area contributed by atoms with Gasteiger partial charge in [-0.1, -0.05) is 0 Å². The lowest BCUT2D eigenvalue weighted by Crippen LogP contribution is -2.04. The Balaban J connectivity index is 2.46. The average molecular weight is 245 g/mol. The van der Waals surface area contributed by atoms with E-state index in [4.69, 9.17) is 0 Å². The first-order valence-corrected chi connectivity index (χ1v) is 5.96. The molecule has 0 aliphatic carbocycles. The molecule has 2 aromatic rings. The fraction of sp³-hybridized carbons (Fsp3) is 0.286. The Kier molecular flexibility index (Phi) is 3.55. The third-order valence-electron chi connectivity index (χ3n) is 2.64. The Morgan fingerprint density at radius 2 is 1.94 bits per heavy atom. The van der Waals surface area contributed by atoms with Crippen molar-refractivity contribution in [3.05, 3.63) is 41.3 Å². The number of nitrogens with zero attached hydrogens (tertiary/aromatic N) is 2. The minimum absolute atomic E-state index is 0.198. The number of nitrogens with one attached hydrogen (secondary N) is 1. The van der Waals surface area contributed by atoms with Crippen LogP contribution in [0.4, 0.5) is 10.3 Å². The molecule has 1 N–H and O–H groups in total. The Hall–Kier alpha value is -1.97. The summed E-state index contributed by atoms with van der Waals surface area (Å²) in [6.07, 6.45) is 0. The van der Waals surface area contributed by atoms with Crippen LogP contribution in [0.3, 0.4) is 0 Å². The van der Waals surface area contributed by atoms with Crippen LogP contribution in [0.2, 0.25) is 0 Å². The van der Waals surface area contributed by atoms with Gasteiger partial charge in [-0.25, -0.2) is 14.4 Å². The van der Waals surface area contributed by atoms with Crippen molar-refractivity contribution < 1.29 is 4.39 Å². The predicted molar refractivity (Wildman–Crippen MR) is 71.1 cm³/mol. The molecular formula is C14H16FN3. The minimum atomic E-state index is -0.198. The molecule has 1 aromatic carbocycles. The first-order valence-electron chi connectivity index (χ1n) is 5.96. The number of halogens is 1. The van der Waals surface area contributed by atoms with Crippen LogP contribution in [0, 0.1) is 19.7 Å². The summed E-state index contributed by atoms with van der Waals surface area (Å²) in [5.74, 6) is 0.408. The van der Waals surface area contributed by atoms with Crippen molar-refractivity contribution in [2.24, 2.45) is 0 Å². The smallest absolute Gasteiger partial charge is 0.223 e. The lowest BCUT2D eigenvalue weighted by molar-refractivity contribution is 0.619. The third-order valence-corrected chi connectivity index (χ3v) is 2.64. The van der Waals surface area contributed by atoms with Crippen LogP contribution < -0.4 is 5.32 Å². The molecule has 0 bridgehead atoms. The average Bonchev–Trinajstić information content (AvgIpc) is 2.32. The fourth-order valence-corrected chi connectivity index (χ4v) is 1.76. The molecule has 0 saturated heterocycles. The summed E-state index contributed by atoms with van der Waals surface area (Å²) in [7, 11) is 0. The van der Waals surface area contributed by atoms with E-state index < -0.39 is 0 Å². The van der Waals surface area contributed by atoms with Crippen LogP contribution in [-0.2, 0) is 0 Å². The van der Waals surface area contributed by atoms with Crippen LogP contribution >= 0.6 is 0 Å². The van der Waals surface area contributed by atoms with Crippen LogP contribution in [-0.4, -0.2) is 16.5 Å². The highest BCUT2D eigenvalue weighted by Crippen LogP contribution is 2.21. The Morgan fingerprint density at radius 3 is 2.61 bits per heavy atom. The van der Waals surface area contributed by atoms with E-state index in [9.17, 15) is 4.39 Å². The van der Waals surface area contributed by atoms with Crippen molar-refractivity contribution in [1.29, 1.82) is 0 Å². The molecule has 1 aromatic heterocycles. The quantitative estimate of drug-likeness (QED) is 0.901. The Bertz CT molecular complexity index is 567. The Labute approximate surface area is 106 Å². The molecule has 4 heteroatoms. The van der Waals surface area contributed by atoms with E-state index in [0.717, 1.165) is 23.5 Å². The molecule has 3 nitrogen and oxygen atoms in total. The highest BCUT2D eigenvalue weighted by Gasteiger charge is 2.06. The number of aryl methyl sites for hydroxylation is 2. The van der Waals surface area contributed by atoms with Gasteiger partial charge < -0.3 is 5.32 Å². The second kappa shape index (κ2) is 5.12. The molecule has 0 spiro atoms. The molecule has 0 atom stereocenters. The van der Waals surface area contributed by atoms with E-state index in [0.29, 0.717) is 11.5 Å². The predicted octanol–water partition coefficient (Wildman–Crippen LogP) is 3.33. The summed E-state index contributed by atoms with van der Waals surface area (Å²) in [5, 5.41) is 3.09. The van der Waals surface area contributed by atoms with Crippen molar-refractivity contribution in [2.45, 2.75) is 20.8 Å². The van der Waals surface area contributed by atoms with Crippen LogP contribution in [0.1, 0.15) is 18.2 Å². The van der Waals surface area contributed by atoms with Gasteiger partial charge in [0.1, 0.15) is 5.82 Å². The van der Waals surface area contributed by atoms with E-state index in [-0.39, 0.29) is 5.82 Å². The molecule has 94 valence electrons. The monoisotopic (exact) mass is 245 g/mol. The molecule has 0 fully saturated rings. The fourth-order valence-electron chi connectivity index (χ4n) is 1.76. The van der Waals surface area contributed by atoms with Crippen molar-refractivity contribution in [3.8, 4) is 11.3 Å². The molecular weight excluding hydrogens is 229 g/mol. The summed E-state index contributed by atoms with van der Waals surface area (Å²) in [6, 6.07) is 6.90. The molecule has 2 rings (SSSR count). The Morgan fingerprint density at radius 1 is 1.17 bits per heavy atom. The summed E-state index contributed by atoms with van der Waals surface area (Å²) < 4.78 is 13.2. The van der Waals surface area contributed by atoms with Gasteiger partial charge in [-0.2, -0.15) is 0 Å². The summed E-state index contributed by atoms with van der Waals surface area (Å²) >= 11 is 0. The van der Waals surface area contributed by atoms with Crippen LogP contribution in [0.15, 0.2) is 24.3 Å². The lowest BCUT2D eigenvalue weighted by atomic mass is 10.1. The molecule has 0 aliphatic rings. The standard InChI is InChI=1S/C14H16FN3/c1-4-16-14-17-10(3)8-13(18-14)11-5-6-12(15)9(2)7-11/h5-8H,4H2,1-3H3,(H,16,17,18). The minimum Gasteiger partial charge on any atom is -0.354 e. The molecule has 1 heterocycles. The van der Waals surface area contributed by atoms with E-state index >= 15 is 0 Å². The van der Waals surface area contributed by atoms with Gasteiger partial charge in [0.25, 0.3) is 0 Å². The molecule has 0 aliphatic heterocycles. The van der Waals surface area contributed by atoms with Gasteiger partial charge in [-0.05, 0) is 50.6 Å². The zero-order valence-corrected chi connectivity index (χ0v) is 10.8. The second-order valence-corrected chi connectivity index (χ2v) is 4.21. The largest absolute Gasteiger partial charge is 0.354 e. The second-order valence-electron chi connectivity index (χ2n) is 4.21. The van der Waals surface area contributed by atoms with Gasteiger partial charge in [-0.15, -0.1) is 0 Å². The molecule has 18 heavy (non-hydrogen) atoms. The normalized spacial score (nSPS) is 10.4. The highest BCUT2D eigenvalue weighted by molar-refractivity contribution is 5.61. The maximum atomic E-state index is 13.2. The maximum absolute atomic E-state index is 13.2. The van der Waals surface area contributed by atoms with Gasteiger partial charge in [0.15, 0.2) is 0 Å². The zero-order valence-electron chi connectivity index (χ0n) is 10.8. The first-order chi connectivity index (χ1) is 8.60. The first kappa shape index (κ1) is 12.5. The van der Waals surface area contributed by atoms with E-state index in [1.165, 1.54) is 6.07 Å². The van der Waals surface area contributed by atoms with Crippen molar-refractivity contribution in [3.63, 3.8) is 0 Å². The van der Waals surface area contributed by atoms with Gasteiger partial charge in [0, 0.05) is 17.8 Å². The number of rotatable bonds is 3. The maximum Gasteiger partial charge on any atom is 0.223 e. The lowest BCUT2D eigenvalue weighted by Gasteiger charge is -2.07. The summed E-state index contributed by atoms with van der Waals surface area (Å²) in [4.78, 5) is 8.71. The van der Waals surface area contributed by atoms with Crippen molar-refractivity contribution >= 4 is 5.95 Å². The third kappa shape index (κ3) is 2.64. The number of benzene rings is 1. The number of hydrogen-bond donors (Lipinski definition) is 1. The summed E-state index contributed by atoms with van der Waals surface area (Å²) in [6.45, 7) is 6.43.